The third-order valence-corrected chi connectivity index (χ3v) is 6.07. The predicted molar refractivity (Wildman–Crippen MR) is 94.4 cm³/mol. The highest BCUT2D eigenvalue weighted by Gasteiger charge is 2.21. The van der Waals surface area contributed by atoms with E-state index < -0.39 is 0 Å². The molecule has 3 aromatic rings. The first-order chi connectivity index (χ1) is 10.6. The van der Waals surface area contributed by atoms with Crippen LogP contribution in [0, 0.1) is 11.7 Å². The average Bonchev–Trinajstić information content (AvgIpc) is 3.02. The Balaban J connectivity index is 2.08. The number of aryl methyl sites for hydroxylation is 3. The zero-order chi connectivity index (χ0) is 15.4. The summed E-state index contributed by atoms with van der Waals surface area (Å²) in [6.07, 6.45) is 3.16. The molecule has 0 saturated carbocycles. The van der Waals surface area contributed by atoms with Gasteiger partial charge in [0.25, 0.3) is 5.56 Å². The lowest BCUT2D eigenvalue weighted by molar-refractivity contribution is 0.910. The van der Waals surface area contributed by atoms with E-state index in [0.717, 1.165) is 35.0 Å². The molecule has 6 heteroatoms. The number of hydrogen-bond acceptors (Lipinski definition) is 3. The van der Waals surface area contributed by atoms with Crippen LogP contribution >= 0.6 is 35.2 Å². The van der Waals surface area contributed by atoms with Gasteiger partial charge in [-0.2, -0.15) is 0 Å². The van der Waals surface area contributed by atoms with Gasteiger partial charge in [0.05, 0.1) is 11.1 Å². The SMILES string of the molecule is Cc1ccc(-n2c(=S)[nH]c3sc4c(c3c2=O)CCC4)cc1Cl. The van der Waals surface area contributed by atoms with Crippen LogP contribution in [0.1, 0.15) is 22.4 Å². The summed E-state index contributed by atoms with van der Waals surface area (Å²) in [4.78, 5) is 18.4. The lowest BCUT2D eigenvalue weighted by Gasteiger charge is -2.08. The number of benzene rings is 1. The number of nitrogens with zero attached hydrogens (tertiary/aromatic N) is 1. The third kappa shape index (κ3) is 2.00. The third-order valence-electron chi connectivity index (χ3n) is 4.18. The number of nitrogens with one attached hydrogen (secondary N) is 1. The van der Waals surface area contributed by atoms with Gasteiger partial charge < -0.3 is 4.98 Å². The van der Waals surface area contributed by atoms with Crippen molar-refractivity contribution in [1.82, 2.24) is 9.55 Å². The first kappa shape index (κ1) is 14.2. The van der Waals surface area contributed by atoms with E-state index in [1.54, 1.807) is 22.0 Å². The number of halogens is 1. The number of hydrogen-bond donors (Lipinski definition) is 1. The fourth-order valence-corrected chi connectivity index (χ4v) is 4.84. The standard InChI is InChI=1S/C16H13ClN2OS2/c1-8-5-6-9(7-11(8)17)19-15(20)13-10-3-2-4-12(10)22-14(13)18-16(19)21/h5-7H,2-4H2,1H3,(H,18,21). The largest absolute Gasteiger partial charge is 0.323 e. The maximum Gasteiger partial charge on any atom is 0.267 e. The maximum atomic E-state index is 13.0. The smallest absolute Gasteiger partial charge is 0.267 e. The summed E-state index contributed by atoms with van der Waals surface area (Å²) < 4.78 is 1.96. The van der Waals surface area contributed by atoms with E-state index in [1.165, 1.54) is 10.4 Å². The summed E-state index contributed by atoms with van der Waals surface area (Å²) in [5.74, 6) is 0. The molecule has 0 bridgehead atoms. The number of fused-ring (bicyclic) bond motifs is 3. The molecule has 1 aliphatic carbocycles. The Morgan fingerprint density at radius 1 is 1.36 bits per heavy atom. The van der Waals surface area contributed by atoms with Crippen LogP contribution in [0.25, 0.3) is 15.9 Å². The van der Waals surface area contributed by atoms with Crippen LogP contribution in [-0.4, -0.2) is 9.55 Å². The van der Waals surface area contributed by atoms with E-state index in [2.05, 4.69) is 4.98 Å². The van der Waals surface area contributed by atoms with Gasteiger partial charge in [-0.25, -0.2) is 0 Å². The van der Waals surface area contributed by atoms with Crippen molar-refractivity contribution in [2.75, 3.05) is 0 Å². The first-order valence-electron chi connectivity index (χ1n) is 7.12. The Morgan fingerprint density at radius 2 is 2.18 bits per heavy atom. The Bertz CT molecular complexity index is 1030. The number of aromatic nitrogens is 2. The van der Waals surface area contributed by atoms with Crippen molar-refractivity contribution < 1.29 is 0 Å². The molecule has 0 unspecified atom stereocenters. The summed E-state index contributed by atoms with van der Waals surface area (Å²) in [5.41, 5.74) is 2.84. The van der Waals surface area contributed by atoms with Crippen molar-refractivity contribution in [3.63, 3.8) is 0 Å². The fourth-order valence-electron chi connectivity index (χ4n) is 3.03. The first-order valence-corrected chi connectivity index (χ1v) is 8.72. The number of rotatable bonds is 1. The molecule has 1 aromatic carbocycles. The molecule has 0 radical (unpaired) electrons. The molecule has 0 fully saturated rings. The van der Waals surface area contributed by atoms with Crippen LogP contribution in [0.4, 0.5) is 0 Å². The molecular weight excluding hydrogens is 336 g/mol. The van der Waals surface area contributed by atoms with Crippen LogP contribution in [0.15, 0.2) is 23.0 Å². The van der Waals surface area contributed by atoms with E-state index >= 15 is 0 Å². The van der Waals surface area contributed by atoms with Crippen molar-refractivity contribution in [3.05, 3.63) is 54.4 Å². The molecule has 2 heterocycles. The van der Waals surface area contributed by atoms with Gasteiger partial charge in [0, 0.05) is 9.90 Å². The Labute approximate surface area is 141 Å². The topological polar surface area (TPSA) is 37.8 Å². The molecule has 0 saturated heterocycles. The highest BCUT2D eigenvalue weighted by Crippen LogP contribution is 2.34. The second kappa shape index (κ2) is 5.05. The Morgan fingerprint density at radius 3 is 2.95 bits per heavy atom. The van der Waals surface area contributed by atoms with Crippen molar-refractivity contribution in [3.8, 4) is 5.69 Å². The van der Waals surface area contributed by atoms with Crippen molar-refractivity contribution >= 4 is 45.4 Å². The molecule has 2 aromatic heterocycles. The minimum Gasteiger partial charge on any atom is -0.323 e. The van der Waals surface area contributed by atoms with Crippen LogP contribution in [0.3, 0.4) is 0 Å². The monoisotopic (exact) mass is 348 g/mol. The zero-order valence-electron chi connectivity index (χ0n) is 11.9. The number of H-pyrrole nitrogens is 1. The predicted octanol–water partition coefficient (Wildman–Crippen LogP) is 4.56. The van der Waals surface area contributed by atoms with E-state index in [4.69, 9.17) is 23.8 Å². The lowest BCUT2D eigenvalue weighted by atomic mass is 10.2. The molecular formula is C16H13ClN2OS2. The van der Waals surface area contributed by atoms with E-state index in [0.29, 0.717) is 15.5 Å². The average molecular weight is 349 g/mol. The molecule has 1 aliphatic rings. The minimum atomic E-state index is -0.0435. The fraction of sp³-hybridized carbons (Fsp3) is 0.250. The zero-order valence-corrected chi connectivity index (χ0v) is 14.3. The second-order valence-electron chi connectivity index (χ2n) is 5.57. The summed E-state index contributed by atoms with van der Waals surface area (Å²) in [6.45, 7) is 1.94. The van der Waals surface area contributed by atoms with Crippen LogP contribution in [-0.2, 0) is 12.8 Å². The van der Waals surface area contributed by atoms with Gasteiger partial charge in [0.2, 0.25) is 0 Å². The molecule has 3 nitrogen and oxygen atoms in total. The van der Waals surface area contributed by atoms with E-state index in [-0.39, 0.29) is 5.56 Å². The summed E-state index contributed by atoms with van der Waals surface area (Å²) >= 11 is 13.3. The van der Waals surface area contributed by atoms with Crippen molar-refractivity contribution in [2.24, 2.45) is 0 Å². The second-order valence-corrected chi connectivity index (χ2v) is 7.46. The molecule has 1 N–H and O–H groups in total. The summed E-state index contributed by atoms with van der Waals surface area (Å²) in [6, 6.07) is 5.58. The molecule has 0 amide bonds. The van der Waals surface area contributed by atoms with Gasteiger partial charge in [-0.05, 0) is 61.7 Å². The highest BCUT2D eigenvalue weighted by atomic mass is 35.5. The van der Waals surface area contributed by atoms with Crippen LogP contribution < -0.4 is 5.56 Å². The molecule has 112 valence electrons. The molecule has 22 heavy (non-hydrogen) atoms. The molecule has 0 aliphatic heterocycles. The maximum absolute atomic E-state index is 13.0. The van der Waals surface area contributed by atoms with Crippen molar-refractivity contribution in [1.29, 1.82) is 0 Å². The van der Waals surface area contributed by atoms with E-state index in [1.807, 2.05) is 19.1 Å². The van der Waals surface area contributed by atoms with Gasteiger partial charge >= 0.3 is 0 Å². The van der Waals surface area contributed by atoms with Gasteiger partial charge in [0.1, 0.15) is 4.83 Å². The quantitative estimate of drug-likeness (QED) is 0.654. The molecule has 0 atom stereocenters. The van der Waals surface area contributed by atoms with E-state index in [9.17, 15) is 4.79 Å². The van der Waals surface area contributed by atoms with Gasteiger partial charge in [-0.1, -0.05) is 17.7 Å². The Kier molecular flexibility index (Phi) is 3.25. The van der Waals surface area contributed by atoms with Gasteiger partial charge in [0.15, 0.2) is 4.77 Å². The summed E-state index contributed by atoms with van der Waals surface area (Å²) in [5, 5.41) is 1.43. The van der Waals surface area contributed by atoms with Gasteiger partial charge in [-0.3, -0.25) is 9.36 Å². The number of thiophene rings is 1. The Hall–Kier alpha value is -1.43. The van der Waals surface area contributed by atoms with Gasteiger partial charge in [-0.15, -0.1) is 11.3 Å². The van der Waals surface area contributed by atoms with Crippen molar-refractivity contribution in [2.45, 2.75) is 26.2 Å². The van der Waals surface area contributed by atoms with Crippen LogP contribution in [0.2, 0.25) is 5.02 Å². The minimum absolute atomic E-state index is 0.0435. The normalized spacial score (nSPS) is 13.7. The lowest BCUT2D eigenvalue weighted by Crippen LogP contribution is -2.20. The number of aromatic amines is 1. The summed E-state index contributed by atoms with van der Waals surface area (Å²) in [7, 11) is 0. The van der Waals surface area contributed by atoms with Crippen LogP contribution in [0.5, 0.6) is 0 Å². The molecule has 0 spiro atoms. The highest BCUT2D eigenvalue weighted by molar-refractivity contribution is 7.71. The molecule has 4 rings (SSSR count).